The number of aromatic nitrogens is 1. The van der Waals surface area contributed by atoms with Crippen molar-refractivity contribution in [1.29, 1.82) is 0 Å². The summed E-state index contributed by atoms with van der Waals surface area (Å²) in [5, 5.41) is 2.13. The van der Waals surface area contributed by atoms with E-state index in [4.69, 9.17) is 0 Å². The molecule has 0 aliphatic rings. The topological polar surface area (TPSA) is 88.2 Å². The molecule has 0 saturated carbocycles. The predicted molar refractivity (Wildman–Crippen MR) is 56.2 cm³/mol. The molecule has 2 N–H and O–H groups in total. The Morgan fingerprint density at radius 2 is 2.00 bits per heavy atom. The zero-order valence-electron chi connectivity index (χ0n) is 8.95. The van der Waals surface area contributed by atoms with Crippen LogP contribution in [0.15, 0.2) is 18.3 Å². The second-order valence-electron chi connectivity index (χ2n) is 3.03. The Morgan fingerprint density at radius 3 is 2.50 bits per heavy atom. The minimum atomic E-state index is -5.59. The third-order valence-electron chi connectivity index (χ3n) is 1.80. The number of nitrogens with zero attached hydrogens (tertiary/aromatic N) is 1. The van der Waals surface area contributed by atoms with Gasteiger partial charge in [0.2, 0.25) is 0 Å². The van der Waals surface area contributed by atoms with Gasteiger partial charge in [0, 0.05) is 13.2 Å². The number of hydrogen-bond donors (Lipinski definition) is 2. The molecular formula is C8H8F3N3O3S. The van der Waals surface area contributed by atoms with Crippen LogP contribution in [-0.2, 0) is 10.0 Å². The van der Waals surface area contributed by atoms with Gasteiger partial charge in [-0.1, -0.05) is 0 Å². The lowest BCUT2D eigenvalue weighted by Crippen LogP contribution is -2.31. The van der Waals surface area contributed by atoms with E-state index in [1.54, 1.807) is 0 Å². The summed E-state index contributed by atoms with van der Waals surface area (Å²) in [5.41, 5.74) is -6.47. The van der Waals surface area contributed by atoms with Crippen LogP contribution in [0.2, 0.25) is 0 Å². The van der Waals surface area contributed by atoms with Gasteiger partial charge in [-0.25, -0.2) is 4.98 Å². The molecule has 10 heteroatoms. The first-order chi connectivity index (χ1) is 8.19. The van der Waals surface area contributed by atoms with E-state index >= 15 is 0 Å². The van der Waals surface area contributed by atoms with Crippen molar-refractivity contribution >= 4 is 21.6 Å². The molecule has 0 bridgehead atoms. The summed E-state index contributed by atoms with van der Waals surface area (Å²) in [6.07, 6.45) is 1.15. The molecule has 1 amide bonds. The largest absolute Gasteiger partial charge is 0.516 e. The smallest absolute Gasteiger partial charge is 0.354 e. The van der Waals surface area contributed by atoms with E-state index < -0.39 is 32.8 Å². The van der Waals surface area contributed by atoms with Crippen molar-refractivity contribution in [2.24, 2.45) is 0 Å². The van der Waals surface area contributed by atoms with Crippen molar-refractivity contribution in [1.82, 2.24) is 10.3 Å². The minimum Gasteiger partial charge on any atom is -0.354 e. The number of alkyl halides is 3. The predicted octanol–water partition coefficient (Wildman–Crippen LogP) is 0.703. The first-order valence-corrected chi connectivity index (χ1v) is 5.93. The SMILES string of the molecule is CNC(=O)c1ncccc1NS(=O)(=O)C(F)(F)F. The second-order valence-corrected chi connectivity index (χ2v) is 4.70. The minimum absolute atomic E-state index is 0.451. The van der Waals surface area contributed by atoms with E-state index in [1.165, 1.54) is 17.8 Å². The molecular weight excluding hydrogens is 275 g/mol. The maximum Gasteiger partial charge on any atom is 0.516 e. The summed E-state index contributed by atoms with van der Waals surface area (Å²) in [6, 6.07) is 2.20. The van der Waals surface area contributed by atoms with Crippen molar-refractivity contribution in [2.75, 3.05) is 11.8 Å². The number of amides is 1. The van der Waals surface area contributed by atoms with Crippen LogP contribution in [0.4, 0.5) is 18.9 Å². The van der Waals surface area contributed by atoms with Crippen molar-refractivity contribution in [3.8, 4) is 0 Å². The fourth-order valence-corrected chi connectivity index (χ4v) is 1.56. The van der Waals surface area contributed by atoms with Gasteiger partial charge in [0.1, 0.15) is 0 Å². The van der Waals surface area contributed by atoms with Crippen molar-refractivity contribution in [3.63, 3.8) is 0 Å². The lowest BCUT2D eigenvalue weighted by Gasteiger charge is -2.12. The highest BCUT2D eigenvalue weighted by Crippen LogP contribution is 2.26. The average molecular weight is 283 g/mol. The van der Waals surface area contributed by atoms with Gasteiger partial charge in [-0.3, -0.25) is 9.52 Å². The van der Waals surface area contributed by atoms with E-state index in [-0.39, 0.29) is 0 Å². The number of anilines is 1. The molecule has 0 aliphatic heterocycles. The number of nitrogens with one attached hydrogen (secondary N) is 2. The van der Waals surface area contributed by atoms with E-state index in [0.29, 0.717) is 0 Å². The van der Waals surface area contributed by atoms with Crippen molar-refractivity contribution < 1.29 is 26.4 Å². The summed E-state index contributed by atoms with van der Waals surface area (Å²) in [4.78, 5) is 14.8. The van der Waals surface area contributed by atoms with Crippen LogP contribution in [0.5, 0.6) is 0 Å². The lowest BCUT2D eigenvalue weighted by atomic mass is 10.3. The molecule has 0 aromatic carbocycles. The first-order valence-electron chi connectivity index (χ1n) is 4.45. The van der Waals surface area contributed by atoms with E-state index in [0.717, 1.165) is 12.3 Å². The average Bonchev–Trinajstić information content (AvgIpc) is 2.26. The summed E-state index contributed by atoms with van der Waals surface area (Å²) >= 11 is 0. The molecule has 100 valence electrons. The first kappa shape index (κ1) is 14.2. The molecule has 1 aromatic heterocycles. The number of hydrogen-bond acceptors (Lipinski definition) is 4. The van der Waals surface area contributed by atoms with Gasteiger partial charge in [0.15, 0.2) is 5.69 Å². The molecule has 0 saturated heterocycles. The molecule has 1 aromatic rings. The van der Waals surface area contributed by atoms with Gasteiger partial charge in [0.25, 0.3) is 5.91 Å². The standard InChI is InChI=1S/C8H8F3N3O3S/c1-12-7(15)6-5(3-2-4-13-6)14-18(16,17)8(9,10)11/h2-4,14H,1H3,(H,12,15). The summed E-state index contributed by atoms with van der Waals surface area (Å²) in [7, 11) is -4.35. The molecule has 0 atom stereocenters. The Kier molecular flexibility index (Phi) is 3.79. The highest BCUT2D eigenvalue weighted by Gasteiger charge is 2.46. The highest BCUT2D eigenvalue weighted by molar-refractivity contribution is 7.93. The van der Waals surface area contributed by atoms with Gasteiger partial charge in [-0.15, -0.1) is 0 Å². The van der Waals surface area contributed by atoms with Gasteiger partial charge in [0.05, 0.1) is 5.69 Å². The van der Waals surface area contributed by atoms with Crippen LogP contribution >= 0.6 is 0 Å². The molecule has 18 heavy (non-hydrogen) atoms. The van der Waals surface area contributed by atoms with Crippen LogP contribution in [0.25, 0.3) is 0 Å². The number of carbonyl (C=O) groups excluding carboxylic acids is 1. The lowest BCUT2D eigenvalue weighted by molar-refractivity contribution is -0.0429. The van der Waals surface area contributed by atoms with Gasteiger partial charge in [-0.2, -0.15) is 21.6 Å². The third-order valence-corrected chi connectivity index (χ3v) is 2.90. The van der Waals surface area contributed by atoms with Crippen LogP contribution < -0.4 is 10.0 Å². The molecule has 0 spiro atoms. The Morgan fingerprint density at radius 1 is 1.39 bits per heavy atom. The fraction of sp³-hybridized carbons (Fsp3) is 0.250. The molecule has 0 unspecified atom stereocenters. The Balaban J connectivity index is 3.18. The molecule has 1 heterocycles. The van der Waals surface area contributed by atoms with Gasteiger partial charge < -0.3 is 5.32 Å². The number of halogens is 3. The normalized spacial score (nSPS) is 12.0. The summed E-state index contributed by atoms with van der Waals surface area (Å²) < 4.78 is 59.5. The molecule has 0 radical (unpaired) electrons. The number of rotatable bonds is 3. The monoisotopic (exact) mass is 283 g/mol. The molecule has 0 fully saturated rings. The molecule has 0 aliphatic carbocycles. The second kappa shape index (κ2) is 4.80. The third kappa shape index (κ3) is 2.88. The van der Waals surface area contributed by atoms with Crippen LogP contribution in [-0.4, -0.2) is 31.9 Å². The number of sulfonamides is 1. The Hall–Kier alpha value is -1.84. The van der Waals surface area contributed by atoms with E-state index in [2.05, 4.69) is 10.3 Å². The zero-order valence-corrected chi connectivity index (χ0v) is 9.76. The Labute approximate surface area is 100 Å². The maximum absolute atomic E-state index is 12.2. The fourth-order valence-electron chi connectivity index (χ4n) is 0.990. The van der Waals surface area contributed by atoms with Crippen molar-refractivity contribution in [2.45, 2.75) is 5.51 Å². The van der Waals surface area contributed by atoms with Crippen molar-refractivity contribution in [3.05, 3.63) is 24.0 Å². The van der Waals surface area contributed by atoms with E-state index in [1.807, 2.05) is 0 Å². The van der Waals surface area contributed by atoms with Crippen LogP contribution in [0.1, 0.15) is 10.5 Å². The summed E-state index contributed by atoms with van der Waals surface area (Å²) in [5.74, 6) is -0.810. The molecule has 6 nitrogen and oxygen atoms in total. The Bertz CT molecular complexity index is 556. The summed E-state index contributed by atoms with van der Waals surface area (Å²) in [6.45, 7) is 0. The number of pyridine rings is 1. The zero-order chi connectivity index (χ0) is 14.0. The quantitative estimate of drug-likeness (QED) is 0.854. The van der Waals surface area contributed by atoms with Gasteiger partial charge in [-0.05, 0) is 12.1 Å². The van der Waals surface area contributed by atoms with Crippen LogP contribution in [0.3, 0.4) is 0 Å². The highest BCUT2D eigenvalue weighted by atomic mass is 32.2. The van der Waals surface area contributed by atoms with Crippen LogP contribution in [0, 0.1) is 0 Å². The number of carbonyl (C=O) groups is 1. The van der Waals surface area contributed by atoms with Gasteiger partial charge >= 0.3 is 15.5 Å². The van der Waals surface area contributed by atoms with E-state index in [9.17, 15) is 26.4 Å². The maximum atomic E-state index is 12.2. The molecule has 1 rings (SSSR count).